The van der Waals surface area contributed by atoms with Crippen molar-refractivity contribution in [1.82, 2.24) is 15.4 Å². The maximum absolute atomic E-state index is 12.7. The first-order valence-electron chi connectivity index (χ1n) is 10.8. The number of carbonyl (C=O) groups excluding carboxylic acids is 2. The number of amides is 2. The van der Waals surface area contributed by atoms with Gasteiger partial charge in [0.2, 0.25) is 17.8 Å². The Morgan fingerprint density at radius 3 is 2.28 bits per heavy atom. The van der Waals surface area contributed by atoms with Gasteiger partial charge in [0.25, 0.3) is 0 Å². The fraction of sp³-hybridized carbons (Fsp3) is 0.217. The normalized spacial score (nSPS) is 11.1. The summed E-state index contributed by atoms with van der Waals surface area (Å²) < 4.78 is 25.5. The van der Waals surface area contributed by atoms with Gasteiger partial charge in [0.15, 0.2) is 15.7 Å². The van der Waals surface area contributed by atoms with Crippen LogP contribution < -0.4 is 21.4 Å². The molecule has 0 spiro atoms. The molecule has 1 heterocycles. The predicted octanol–water partition coefficient (Wildman–Crippen LogP) is 4.02. The lowest BCUT2D eigenvalue weighted by molar-refractivity contribution is -0.131. The summed E-state index contributed by atoms with van der Waals surface area (Å²) in [6, 6.07) is 13.2. The molecule has 0 bridgehead atoms. The molecular weight excluding hydrogens is 508 g/mol. The van der Waals surface area contributed by atoms with Crippen LogP contribution in [0.2, 0.25) is 5.02 Å². The molecule has 36 heavy (non-hydrogen) atoms. The van der Waals surface area contributed by atoms with Crippen LogP contribution in [-0.4, -0.2) is 40.7 Å². The van der Waals surface area contributed by atoms with Crippen LogP contribution in [0.25, 0.3) is 0 Å². The van der Waals surface area contributed by atoms with Crippen LogP contribution in [0.1, 0.15) is 26.7 Å². The minimum Gasteiger partial charge on any atom is -0.338 e. The largest absolute Gasteiger partial charge is 0.338 e. The first-order valence-corrected chi connectivity index (χ1v) is 12.7. The van der Waals surface area contributed by atoms with Gasteiger partial charge >= 0.3 is 0 Å². The van der Waals surface area contributed by atoms with Crippen molar-refractivity contribution >= 4 is 62.1 Å². The van der Waals surface area contributed by atoms with Crippen LogP contribution in [0.15, 0.2) is 59.6 Å². The molecular formula is C23H25ClN6O5S. The molecule has 0 saturated heterocycles. The first kappa shape index (κ1) is 26.9. The molecule has 0 aliphatic rings. The maximum Gasteiger partial charge on any atom is 0.243 e. The van der Waals surface area contributed by atoms with Crippen molar-refractivity contribution < 1.29 is 23.2 Å². The van der Waals surface area contributed by atoms with Crippen molar-refractivity contribution in [3.63, 3.8) is 0 Å². The Labute approximate surface area is 213 Å². The van der Waals surface area contributed by atoms with Gasteiger partial charge in [-0.2, -0.15) is 4.98 Å². The summed E-state index contributed by atoms with van der Waals surface area (Å²) >= 11 is 6.26. The van der Waals surface area contributed by atoms with E-state index in [9.17, 15) is 18.0 Å². The fourth-order valence-corrected chi connectivity index (χ4v) is 4.33. The Morgan fingerprint density at radius 1 is 0.972 bits per heavy atom. The van der Waals surface area contributed by atoms with Crippen molar-refractivity contribution in [2.45, 2.75) is 36.8 Å². The smallest absolute Gasteiger partial charge is 0.243 e. The van der Waals surface area contributed by atoms with Gasteiger partial charge in [0, 0.05) is 24.2 Å². The Balaban J connectivity index is 1.72. The summed E-state index contributed by atoms with van der Waals surface area (Å²) in [4.78, 5) is 31.6. The molecule has 0 aliphatic carbocycles. The summed E-state index contributed by atoms with van der Waals surface area (Å²) in [5.41, 5.74) is 2.94. The van der Waals surface area contributed by atoms with Gasteiger partial charge in [0.05, 0.1) is 22.0 Å². The van der Waals surface area contributed by atoms with Gasteiger partial charge in [-0.05, 0) is 50.2 Å². The van der Waals surface area contributed by atoms with E-state index in [-0.39, 0.29) is 40.4 Å². The summed E-state index contributed by atoms with van der Waals surface area (Å²) in [7, 11) is -3.55. The molecule has 0 saturated carbocycles. The number of rotatable bonds is 10. The van der Waals surface area contributed by atoms with Crippen molar-refractivity contribution in [1.29, 1.82) is 0 Å². The highest BCUT2D eigenvalue weighted by Gasteiger charge is 2.23. The lowest BCUT2D eigenvalue weighted by atomic mass is 10.2. The standard InChI is InChI=1S/C23H25ClN6O5S/c1-14(2)36(34,35)19-6-4-3-5-18(19)28-22-17(24)13-25-23(29-22)27-16-9-7-15(8-10-16)26-20(31)11-12-21(32)30-33/h3-10,13-14,33H,11-12H2,1-2H3,(H,26,31)(H,30,32)(H2,25,27,28,29). The minimum absolute atomic E-state index is 0.0810. The number of hydroxylamine groups is 1. The third kappa shape index (κ3) is 6.90. The molecule has 0 aliphatic heterocycles. The number of sulfone groups is 1. The number of nitrogens with one attached hydrogen (secondary N) is 4. The number of benzene rings is 2. The van der Waals surface area contributed by atoms with E-state index in [1.54, 1.807) is 56.3 Å². The SMILES string of the molecule is CC(C)S(=O)(=O)c1ccccc1Nc1nc(Nc2ccc(NC(=O)CCC(=O)NO)cc2)ncc1Cl. The van der Waals surface area contributed by atoms with Crippen LogP contribution in [0.5, 0.6) is 0 Å². The number of nitrogens with zero attached hydrogens (tertiary/aromatic N) is 2. The Kier molecular flexibility index (Phi) is 8.80. The van der Waals surface area contributed by atoms with Gasteiger partial charge in [-0.3, -0.25) is 14.8 Å². The molecule has 0 fully saturated rings. The number of halogens is 1. The topological polar surface area (TPSA) is 162 Å². The van der Waals surface area contributed by atoms with Crippen molar-refractivity contribution in [2.75, 3.05) is 16.0 Å². The van der Waals surface area contributed by atoms with E-state index < -0.39 is 21.0 Å². The summed E-state index contributed by atoms with van der Waals surface area (Å²) in [6.45, 7) is 3.22. The number of anilines is 5. The second-order valence-electron chi connectivity index (χ2n) is 7.89. The summed E-state index contributed by atoms with van der Waals surface area (Å²) in [5, 5.41) is 16.7. The summed E-state index contributed by atoms with van der Waals surface area (Å²) in [5.74, 6) is -0.600. The second kappa shape index (κ2) is 11.8. The van der Waals surface area contributed by atoms with E-state index in [1.165, 1.54) is 17.7 Å². The van der Waals surface area contributed by atoms with Gasteiger partial charge in [-0.15, -0.1) is 0 Å². The van der Waals surface area contributed by atoms with Gasteiger partial charge in [-0.25, -0.2) is 18.9 Å². The highest BCUT2D eigenvalue weighted by Crippen LogP contribution is 2.30. The molecule has 190 valence electrons. The Morgan fingerprint density at radius 2 is 1.61 bits per heavy atom. The second-order valence-corrected chi connectivity index (χ2v) is 10.8. The van der Waals surface area contributed by atoms with Gasteiger partial charge < -0.3 is 16.0 Å². The maximum atomic E-state index is 12.7. The van der Waals surface area contributed by atoms with Crippen LogP contribution in [0, 0.1) is 0 Å². The van der Waals surface area contributed by atoms with Crippen LogP contribution in [-0.2, 0) is 19.4 Å². The number of carbonyl (C=O) groups is 2. The molecule has 11 nitrogen and oxygen atoms in total. The van der Waals surface area contributed by atoms with E-state index >= 15 is 0 Å². The average molecular weight is 533 g/mol. The molecule has 0 radical (unpaired) electrons. The number of aromatic nitrogens is 2. The van der Waals surface area contributed by atoms with Crippen molar-refractivity contribution in [3.8, 4) is 0 Å². The number of hydrogen-bond donors (Lipinski definition) is 5. The van der Waals surface area contributed by atoms with E-state index in [0.29, 0.717) is 17.1 Å². The molecule has 13 heteroatoms. The Bertz CT molecular complexity index is 1350. The molecule has 2 aromatic carbocycles. The van der Waals surface area contributed by atoms with Gasteiger partial charge in [0.1, 0.15) is 5.02 Å². The third-order valence-electron chi connectivity index (χ3n) is 4.94. The van der Waals surface area contributed by atoms with Crippen LogP contribution in [0.3, 0.4) is 0 Å². The molecule has 1 aromatic heterocycles. The zero-order valence-electron chi connectivity index (χ0n) is 19.4. The van der Waals surface area contributed by atoms with Crippen LogP contribution in [0.4, 0.5) is 28.8 Å². The van der Waals surface area contributed by atoms with E-state index in [1.807, 2.05) is 0 Å². The van der Waals surface area contributed by atoms with Crippen molar-refractivity contribution in [3.05, 3.63) is 59.8 Å². The zero-order valence-corrected chi connectivity index (χ0v) is 21.0. The van der Waals surface area contributed by atoms with E-state index in [2.05, 4.69) is 25.9 Å². The lowest BCUT2D eigenvalue weighted by Gasteiger charge is -2.15. The number of hydrogen-bond acceptors (Lipinski definition) is 9. The molecule has 5 N–H and O–H groups in total. The monoisotopic (exact) mass is 532 g/mol. The zero-order chi connectivity index (χ0) is 26.3. The highest BCUT2D eigenvalue weighted by molar-refractivity contribution is 7.92. The third-order valence-corrected chi connectivity index (χ3v) is 7.43. The quantitative estimate of drug-likeness (QED) is 0.191. The molecule has 2 amide bonds. The molecule has 0 unspecified atom stereocenters. The average Bonchev–Trinajstić information content (AvgIpc) is 2.86. The van der Waals surface area contributed by atoms with E-state index in [4.69, 9.17) is 16.8 Å². The van der Waals surface area contributed by atoms with Crippen LogP contribution >= 0.6 is 11.6 Å². The fourth-order valence-electron chi connectivity index (χ4n) is 2.99. The Hall–Kier alpha value is -3.74. The highest BCUT2D eigenvalue weighted by atomic mass is 35.5. The first-order chi connectivity index (χ1) is 17.1. The molecule has 0 atom stereocenters. The molecule has 3 rings (SSSR count). The summed E-state index contributed by atoms with van der Waals surface area (Å²) in [6.07, 6.45) is 1.17. The minimum atomic E-state index is -3.55. The number of para-hydroxylation sites is 1. The lowest BCUT2D eigenvalue weighted by Crippen LogP contribution is -2.21. The molecule has 3 aromatic rings. The van der Waals surface area contributed by atoms with Gasteiger partial charge in [-0.1, -0.05) is 23.7 Å². The van der Waals surface area contributed by atoms with E-state index in [0.717, 1.165) is 0 Å². The van der Waals surface area contributed by atoms with Crippen molar-refractivity contribution in [2.24, 2.45) is 0 Å². The predicted molar refractivity (Wildman–Crippen MR) is 137 cm³/mol.